The van der Waals surface area contributed by atoms with Crippen LogP contribution in [0.1, 0.15) is 45.2 Å². The highest BCUT2D eigenvalue weighted by molar-refractivity contribution is 5.77. The standard InChI is InChI=1S/C21H33N3O/c1-21(2,3)11-20(25)24-14-17-12-23(13-18(17)15-24)10-9-19(22)16-7-5-4-6-8-16/h4-8,17-19H,9-15,22H2,1-3H3/t17?,18?,19-/m0/s1. The van der Waals surface area contributed by atoms with Gasteiger partial charge in [0.25, 0.3) is 0 Å². The van der Waals surface area contributed by atoms with Gasteiger partial charge in [0.1, 0.15) is 0 Å². The van der Waals surface area contributed by atoms with Gasteiger partial charge >= 0.3 is 0 Å². The normalized spacial score (nSPS) is 25.2. The number of carbonyl (C=O) groups excluding carboxylic acids is 1. The van der Waals surface area contributed by atoms with Crippen LogP contribution in [-0.2, 0) is 4.79 Å². The number of hydrogen-bond donors (Lipinski definition) is 1. The summed E-state index contributed by atoms with van der Waals surface area (Å²) in [4.78, 5) is 17.1. The van der Waals surface area contributed by atoms with E-state index in [1.54, 1.807) is 0 Å². The summed E-state index contributed by atoms with van der Waals surface area (Å²) in [6.07, 6.45) is 1.65. The van der Waals surface area contributed by atoms with Crippen LogP contribution in [0, 0.1) is 17.3 Å². The minimum Gasteiger partial charge on any atom is -0.342 e. The number of nitrogens with zero attached hydrogens (tertiary/aromatic N) is 2. The van der Waals surface area contributed by atoms with Gasteiger partial charge in [-0.15, -0.1) is 0 Å². The van der Waals surface area contributed by atoms with Crippen LogP contribution < -0.4 is 5.73 Å². The molecule has 2 N–H and O–H groups in total. The molecule has 3 atom stereocenters. The number of amides is 1. The Balaban J connectivity index is 1.43. The fourth-order valence-corrected chi connectivity index (χ4v) is 4.23. The summed E-state index contributed by atoms with van der Waals surface area (Å²) in [7, 11) is 0. The van der Waals surface area contributed by atoms with Crippen molar-refractivity contribution in [3.8, 4) is 0 Å². The molecule has 0 saturated carbocycles. The first-order chi connectivity index (χ1) is 11.8. The van der Waals surface area contributed by atoms with Crippen molar-refractivity contribution in [3.05, 3.63) is 35.9 Å². The number of rotatable bonds is 5. The van der Waals surface area contributed by atoms with Gasteiger partial charge in [-0.05, 0) is 35.8 Å². The van der Waals surface area contributed by atoms with Crippen LogP contribution >= 0.6 is 0 Å². The van der Waals surface area contributed by atoms with E-state index in [1.807, 2.05) is 6.07 Å². The summed E-state index contributed by atoms with van der Waals surface area (Å²) in [6.45, 7) is 11.6. The van der Waals surface area contributed by atoms with Crippen LogP contribution in [0.3, 0.4) is 0 Å². The monoisotopic (exact) mass is 343 g/mol. The molecule has 3 rings (SSSR count). The highest BCUT2D eigenvalue weighted by Gasteiger charge is 2.41. The lowest BCUT2D eigenvalue weighted by molar-refractivity contribution is -0.132. The summed E-state index contributed by atoms with van der Waals surface area (Å²) in [5.41, 5.74) is 7.63. The lowest BCUT2D eigenvalue weighted by atomic mass is 9.91. The Hall–Kier alpha value is -1.39. The summed E-state index contributed by atoms with van der Waals surface area (Å²) in [5.74, 6) is 1.63. The number of hydrogen-bond acceptors (Lipinski definition) is 3. The minimum absolute atomic E-state index is 0.0778. The molecule has 4 heteroatoms. The first-order valence-electron chi connectivity index (χ1n) is 9.62. The van der Waals surface area contributed by atoms with E-state index in [-0.39, 0.29) is 11.5 Å². The molecule has 1 amide bonds. The topological polar surface area (TPSA) is 49.6 Å². The van der Waals surface area contributed by atoms with Gasteiger partial charge in [-0.3, -0.25) is 4.79 Å². The SMILES string of the molecule is CC(C)(C)CC(=O)N1CC2CN(CC[C@H](N)c3ccccc3)CC2C1. The number of nitrogens with two attached hydrogens (primary N) is 1. The molecule has 4 nitrogen and oxygen atoms in total. The molecule has 2 aliphatic heterocycles. The predicted octanol–water partition coefficient (Wildman–Crippen LogP) is 2.90. The van der Waals surface area contributed by atoms with Crippen molar-refractivity contribution in [3.63, 3.8) is 0 Å². The fraction of sp³-hybridized carbons (Fsp3) is 0.667. The maximum Gasteiger partial charge on any atom is 0.223 e. The summed E-state index contributed by atoms with van der Waals surface area (Å²) >= 11 is 0. The van der Waals surface area contributed by atoms with E-state index in [4.69, 9.17) is 5.73 Å². The van der Waals surface area contributed by atoms with Crippen LogP contribution in [-0.4, -0.2) is 48.4 Å². The number of benzene rings is 1. The molecule has 25 heavy (non-hydrogen) atoms. The van der Waals surface area contributed by atoms with Gasteiger partial charge in [0, 0.05) is 38.6 Å². The van der Waals surface area contributed by atoms with Crippen molar-refractivity contribution < 1.29 is 4.79 Å². The van der Waals surface area contributed by atoms with Gasteiger partial charge in [0.2, 0.25) is 5.91 Å². The lowest BCUT2D eigenvalue weighted by Gasteiger charge is -2.25. The van der Waals surface area contributed by atoms with Crippen LogP contribution in [0.4, 0.5) is 0 Å². The van der Waals surface area contributed by atoms with E-state index in [9.17, 15) is 4.79 Å². The maximum absolute atomic E-state index is 12.4. The van der Waals surface area contributed by atoms with Crippen molar-refractivity contribution in [1.82, 2.24) is 9.80 Å². The molecule has 0 aliphatic carbocycles. The van der Waals surface area contributed by atoms with Gasteiger partial charge in [0.15, 0.2) is 0 Å². The molecular weight excluding hydrogens is 310 g/mol. The summed E-state index contributed by atoms with van der Waals surface area (Å²) in [5, 5.41) is 0. The predicted molar refractivity (Wildman–Crippen MR) is 102 cm³/mol. The third kappa shape index (κ3) is 4.83. The quantitative estimate of drug-likeness (QED) is 0.894. The van der Waals surface area contributed by atoms with E-state index in [0.29, 0.717) is 24.2 Å². The first-order valence-corrected chi connectivity index (χ1v) is 9.62. The third-order valence-corrected chi connectivity index (χ3v) is 5.58. The first kappa shape index (κ1) is 18.4. The zero-order valence-corrected chi connectivity index (χ0v) is 15.9. The molecule has 1 aromatic carbocycles. The second-order valence-electron chi connectivity index (χ2n) is 9.12. The van der Waals surface area contributed by atoms with E-state index >= 15 is 0 Å². The largest absolute Gasteiger partial charge is 0.342 e. The van der Waals surface area contributed by atoms with Crippen LogP contribution in [0.5, 0.6) is 0 Å². The zero-order valence-electron chi connectivity index (χ0n) is 15.9. The Morgan fingerprint density at radius 2 is 1.72 bits per heavy atom. The molecule has 2 unspecified atom stereocenters. The molecule has 0 bridgehead atoms. The third-order valence-electron chi connectivity index (χ3n) is 5.58. The van der Waals surface area contributed by atoms with Gasteiger partial charge in [0.05, 0.1) is 0 Å². The molecule has 138 valence electrons. The van der Waals surface area contributed by atoms with E-state index in [1.165, 1.54) is 5.56 Å². The number of carbonyl (C=O) groups is 1. The van der Waals surface area contributed by atoms with E-state index < -0.39 is 0 Å². The Morgan fingerprint density at radius 3 is 2.28 bits per heavy atom. The molecule has 1 aromatic rings. The Labute approximate surface area is 152 Å². The molecular formula is C21H33N3O. The maximum atomic E-state index is 12.4. The smallest absolute Gasteiger partial charge is 0.223 e. The van der Waals surface area contributed by atoms with Crippen molar-refractivity contribution in [2.75, 3.05) is 32.7 Å². The summed E-state index contributed by atoms with van der Waals surface area (Å²) < 4.78 is 0. The molecule has 2 heterocycles. The van der Waals surface area contributed by atoms with Crippen LogP contribution in [0.15, 0.2) is 30.3 Å². The van der Waals surface area contributed by atoms with Crippen LogP contribution in [0.25, 0.3) is 0 Å². The molecule has 0 aromatic heterocycles. The van der Waals surface area contributed by atoms with Gasteiger partial charge in [-0.25, -0.2) is 0 Å². The second-order valence-corrected chi connectivity index (χ2v) is 9.12. The molecule has 0 spiro atoms. The second kappa shape index (κ2) is 7.46. The number of fused-ring (bicyclic) bond motifs is 1. The Morgan fingerprint density at radius 1 is 1.12 bits per heavy atom. The zero-order chi connectivity index (χ0) is 18.0. The van der Waals surface area contributed by atoms with Crippen molar-refractivity contribution >= 4 is 5.91 Å². The summed E-state index contributed by atoms with van der Waals surface area (Å²) in [6, 6.07) is 10.5. The van der Waals surface area contributed by atoms with Gasteiger partial charge in [-0.1, -0.05) is 51.1 Å². The highest BCUT2D eigenvalue weighted by atomic mass is 16.2. The average Bonchev–Trinajstić information content (AvgIpc) is 3.10. The molecule has 2 fully saturated rings. The Kier molecular flexibility index (Phi) is 5.49. The van der Waals surface area contributed by atoms with Crippen molar-refractivity contribution in [2.24, 2.45) is 23.0 Å². The van der Waals surface area contributed by atoms with Crippen LogP contribution in [0.2, 0.25) is 0 Å². The van der Waals surface area contributed by atoms with Gasteiger partial charge < -0.3 is 15.5 Å². The van der Waals surface area contributed by atoms with Gasteiger partial charge in [-0.2, -0.15) is 0 Å². The average molecular weight is 344 g/mol. The van der Waals surface area contributed by atoms with Crippen molar-refractivity contribution in [2.45, 2.75) is 39.7 Å². The van der Waals surface area contributed by atoms with E-state index in [2.05, 4.69) is 54.8 Å². The molecule has 2 aliphatic rings. The number of likely N-dealkylation sites (tertiary alicyclic amines) is 2. The van der Waals surface area contributed by atoms with Crippen molar-refractivity contribution in [1.29, 1.82) is 0 Å². The lowest BCUT2D eigenvalue weighted by Crippen LogP contribution is -2.35. The Bertz CT molecular complexity index is 567. The molecule has 2 saturated heterocycles. The van der Waals surface area contributed by atoms with E-state index in [0.717, 1.165) is 39.1 Å². The minimum atomic E-state index is 0.0778. The molecule has 0 radical (unpaired) electrons. The fourth-order valence-electron chi connectivity index (χ4n) is 4.23. The highest BCUT2D eigenvalue weighted by Crippen LogP contribution is 2.33.